The van der Waals surface area contributed by atoms with Crippen molar-refractivity contribution in [3.05, 3.63) is 64.0 Å². The van der Waals surface area contributed by atoms with Crippen LogP contribution in [0.25, 0.3) is 11.4 Å². The quantitative estimate of drug-likeness (QED) is 0.432. The van der Waals surface area contributed by atoms with Gasteiger partial charge in [-0.15, -0.1) is 10.2 Å². The van der Waals surface area contributed by atoms with Gasteiger partial charge in [-0.25, -0.2) is 0 Å². The topological polar surface area (TPSA) is 106 Å². The average Bonchev–Trinajstić information content (AvgIpc) is 3.12. The number of amides is 1. The third kappa shape index (κ3) is 4.50. The van der Waals surface area contributed by atoms with Crippen molar-refractivity contribution in [3.63, 3.8) is 0 Å². The number of non-ortho nitro benzene ring substituents is 1. The predicted molar refractivity (Wildman–Crippen MR) is 130 cm³/mol. The number of nitro benzene ring substituents is 1. The number of piperidine rings is 1. The molecule has 1 N–H and O–H groups in total. The third-order valence-corrected chi connectivity index (χ3v) is 6.62. The number of nitrogens with zero attached hydrogens (tertiary/aromatic N) is 5. The van der Waals surface area contributed by atoms with E-state index < -0.39 is 4.92 Å². The van der Waals surface area contributed by atoms with Crippen LogP contribution in [0, 0.1) is 10.1 Å². The lowest BCUT2D eigenvalue weighted by Crippen LogP contribution is -2.31. The van der Waals surface area contributed by atoms with Crippen LogP contribution >= 0.6 is 0 Å². The van der Waals surface area contributed by atoms with E-state index in [4.69, 9.17) is 0 Å². The smallest absolute Gasteiger partial charge is 0.270 e. The molecule has 1 fully saturated rings. The van der Waals surface area contributed by atoms with Gasteiger partial charge in [-0.2, -0.15) is 0 Å². The van der Waals surface area contributed by atoms with Crippen molar-refractivity contribution in [3.8, 4) is 11.4 Å². The van der Waals surface area contributed by atoms with Gasteiger partial charge in [-0.05, 0) is 50.3 Å². The zero-order chi connectivity index (χ0) is 23.5. The minimum Gasteiger partial charge on any atom is -0.371 e. The van der Waals surface area contributed by atoms with Gasteiger partial charge in [-0.1, -0.05) is 18.6 Å². The summed E-state index contributed by atoms with van der Waals surface area (Å²) in [6, 6.07) is 12.1. The highest BCUT2D eigenvalue weighted by atomic mass is 16.6. The zero-order valence-corrected chi connectivity index (χ0v) is 19.1. The van der Waals surface area contributed by atoms with Crippen LogP contribution in [0.2, 0.25) is 0 Å². The largest absolute Gasteiger partial charge is 0.371 e. The minimum absolute atomic E-state index is 0.0918. The lowest BCUT2D eigenvalue weighted by atomic mass is 10.1. The van der Waals surface area contributed by atoms with Crippen LogP contribution in [0.15, 0.2) is 42.5 Å². The van der Waals surface area contributed by atoms with Crippen molar-refractivity contribution in [2.75, 3.05) is 23.3 Å². The molecule has 0 saturated carbocycles. The van der Waals surface area contributed by atoms with Gasteiger partial charge in [0.15, 0.2) is 5.82 Å². The van der Waals surface area contributed by atoms with Gasteiger partial charge in [0, 0.05) is 49.4 Å². The van der Waals surface area contributed by atoms with Crippen LogP contribution in [-0.4, -0.2) is 38.7 Å². The Balaban J connectivity index is 1.43. The number of nitro groups is 1. The summed E-state index contributed by atoms with van der Waals surface area (Å²) in [4.78, 5) is 26.4. The first kappa shape index (κ1) is 22.1. The monoisotopic (exact) mass is 460 g/mol. The molecule has 2 aromatic carbocycles. The molecule has 0 radical (unpaired) electrons. The van der Waals surface area contributed by atoms with Gasteiger partial charge >= 0.3 is 0 Å². The summed E-state index contributed by atoms with van der Waals surface area (Å²) in [5.74, 6) is 1.45. The summed E-state index contributed by atoms with van der Waals surface area (Å²) < 4.78 is 2.17. The Kier molecular flexibility index (Phi) is 6.24. The molecule has 1 aromatic heterocycles. The van der Waals surface area contributed by atoms with Crippen LogP contribution in [0.1, 0.15) is 54.7 Å². The Bertz CT molecular complexity index is 1220. The molecule has 0 bridgehead atoms. The molecule has 0 unspecified atom stereocenters. The van der Waals surface area contributed by atoms with E-state index in [0.717, 1.165) is 81.1 Å². The highest BCUT2D eigenvalue weighted by Gasteiger charge is 2.22. The SMILES string of the molecule is O=C(Nc1cccc(-c2nnc3n2CCCCC3)c1)c1cc([N+](=O)[O-])ccc1N1CCCCC1. The fraction of sp³-hybridized carbons (Fsp3) is 0.400. The van der Waals surface area contributed by atoms with Crippen molar-refractivity contribution in [2.45, 2.75) is 51.5 Å². The summed E-state index contributed by atoms with van der Waals surface area (Å²) in [6.45, 7) is 2.57. The lowest BCUT2D eigenvalue weighted by molar-refractivity contribution is -0.384. The molecule has 2 aliphatic rings. The molecular weight excluding hydrogens is 432 g/mol. The number of hydrogen-bond acceptors (Lipinski definition) is 6. The van der Waals surface area contributed by atoms with E-state index in [1.54, 1.807) is 6.07 Å². The molecule has 0 aliphatic carbocycles. The number of anilines is 2. The van der Waals surface area contributed by atoms with Crippen LogP contribution < -0.4 is 10.2 Å². The molecule has 9 heteroatoms. The number of hydrogen-bond donors (Lipinski definition) is 1. The molecule has 34 heavy (non-hydrogen) atoms. The van der Waals surface area contributed by atoms with E-state index in [-0.39, 0.29) is 11.6 Å². The van der Waals surface area contributed by atoms with Gasteiger partial charge < -0.3 is 14.8 Å². The second-order valence-electron chi connectivity index (χ2n) is 8.94. The summed E-state index contributed by atoms with van der Waals surface area (Å²) >= 11 is 0. The average molecular weight is 461 g/mol. The maximum atomic E-state index is 13.3. The zero-order valence-electron chi connectivity index (χ0n) is 19.1. The molecule has 3 heterocycles. The van der Waals surface area contributed by atoms with Gasteiger partial charge in [0.2, 0.25) is 0 Å². The summed E-state index contributed by atoms with van der Waals surface area (Å²) in [5.41, 5.74) is 2.46. The Hall–Kier alpha value is -3.75. The van der Waals surface area contributed by atoms with Crippen LogP contribution in [0.3, 0.4) is 0 Å². The summed E-state index contributed by atoms with van der Waals surface area (Å²) in [6.07, 6.45) is 7.57. The molecule has 5 rings (SSSR count). The number of fused-ring (bicyclic) bond motifs is 1. The Morgan fingerprint density at radius 3 is 2.56 bits per heavy atom. The van der Waals surface area contributed by atoms with Crippen LogP contribution in [0.4, 0.5) is 17.1 Å². The number of carbonyl (C=O) groups is 1. The van der Waals surface area contributed by atoms with E-state index in [2.05, 4.69) is 25.0 Å². The summed E-state index contributed by atoms with van der Waals surface area (Å²) in [7, 11) is 0. The molecule has 3 aromatic rings. The Labute approximate surface area is 197 Å². The maximum Gasteiger partial charge on any atom is 0.270 e. The second-order valence-corrected chi connectivity index (χ2v) is 8.94. The number of benzene rings is 2. The Morgan fingerprint density at radius 2 is 1.74 bits per heavy atom. The van der Waals surface area contributed by atoms with Crippen molar-refractivity contribution in [1.29, 1.82) is 0 Å². The second kappa shape index (κ2) is 9.62. The highest BCUT2D eigenvalue weighted by Crippen LogP contribution is 2.30. The van der Waals surface area contributed by atoms with Gasteiger partial charge in [0.1, 0.15) is 5.82 Å². The number of nitrogens with one attached hydrogen (secondary N) is 1. The number of aryl methyl sites for hydroxylation is 1. The number of aromatic nitrogens is 3. The van der Waals surface area contributed by atoms with E-state index in [0.29, 0.717) is 11.3 Å². The van der Waals surface area contributed by atoms with Gasteiger partial charge in [0.25, 0.3) is 11.6 Å². The standard InChI is InChI=1S/C25H28N6O3/c32-25(21-17-20(31(33)34)11-12-22(21)29-13-4-2-5-14-29)26-19-9-7-8-18(16-19)24-28-27-23-10-3-1-6-15-30(23)24/h7-9,11-12,16-17H,1-6,10,13-15H2,(H,26,32). The Morgan fingerprint density at radius 1 is 0.941 bits per heavy atom. The van der Waals surface area contributed by atoms with E-state index in [9.17, 15) is 14.9 Å². The summed E-state index contributed by atoms with van der Waals surface area (Å²) in [5, 5.41) is 23.1. The fourth-order valence-electron chi connectivity index (χ4n) is 4.86. The lowest BCUT2D eigenvalue weighted by Gasteiger charge is -2.30. The van der Waals surface area contributed by atoms with E-state index in [1.165, 1.54) is 18.6 Å². The molecular formula is C25H28N6O3. The molecule has 9 nitrogen and oxygen atoms in total. The van der Waals surface area contributed by atoms with Crippen molar-refractivity contribution < 1.29 is 9.72 Å². The number of carbonyl (C=O) groups excluding carboxylic acids is 1. The van der Waals surface area contributed by atoms with Crippen LogP contribution in [-0.2, 0) is 13.0 Å². The number of rotatable bonds is 5. The minimum atomic E-state index is -0.464. The van der Waals surface area contributed by atoms with Gasteiger partial charge in [-0.3, -0.25) is 14.9 Å². The van der Waals surface area contributed by atoms with Crippen molar-refractivity contribution >= 4 is 23.0 Å². The normalized spacial score (nSPS) is 15.9. The van der Waals surface area contributed by atoms with Gasteiger partial charge in [0.05, 0.1) is 16.2 Å². The van der Waals surface area contributed by atoms with E-state index >= 15 is 0 Å². The molecule has 0 spiro atoms. The first-order valence-electron chi connectivity index (χ1n) is 12.0. The third-order valence-electron chi connectivity index (χ3n) is 6.62. The fourth-order valence-corrected chi connectivity index (χ4v) is 4.86. The van der Waals surface area contributed by atoms with Crippen molar-refractivity contribution in [2.24, 2.45) is 0 Å². The highest BCUT2D eigenvalue weighted by molar-refractivity contribution is 6.08. The predicted octanol–water partition coefficient (Wildman–Crippen LogP) is 4.82. The van der Waals surface area contributed by atoms with Crippen LogP contribution in [0.5, 0.6) is 0 Å². The molecule has 1 amide bonds. The molecule has 176 valence electrons. The molecule has 0 atom stereocenters. The maximum absolute atomic E-state index is 13.3. The molecule has 2 aliphatic heterocycles. The molecule has 1 saturated heterocycles. The first-order chi connectivity index (χ1) is 16.6. The van der Waals surface area contributed by atoms with Crippen molar-refractivity contribution in [1.82, 2.24) is 14.8 Å². The first-order valence-corrected chi connectivity index (χ1v) is 12.0. The van der Waals surface area contributed by atoms with E-state index in [1.807, 2.05) is 24.3 Å².